The summed E-state index contributed by atoms with van der Waals surface area (Å²) in [7, 11) is 0. The van der Waals surface area contributed by atoms with Crippen LogP contribution in [0.3, 0.4) is 0 Å². The van der Waals surface area contributed by atoms with Gasteiger partial charge in [0.2, 0.25) is 0 Å². The van der Waals surface area contributed by atoms with Gasteiger partial charge in [0.25, 0.3) is 5.92 Å². The number of carbonyl (C=O) groups excluding carboxylic acids is 1. The van der Waals surface area contributed by atoms with Crippen LogP contribution >= 0.6 is 11.8 Å². The van der Waals surface area contributed by atoms with Crippen LogP contribution in [-0.2, 0) is 4.79 Å². The second-order valence-electron chi connectivity index (χ2n) is 2.30. The molecule has 1 unspecified atom stereocenters. The van der Waals surface area contributed by atoms with Crippen LogP contribution in [-0.4, -0.2) is 16.8 Å². The molecule has 0 spiro atoms. The second-order valence-corrected chi connectivity index (χ2v) is 3.32. The molecule has 1 rings (SSSR count). The van der Waals surface area contributed by atoms with Crippen LogP contribution in [0, 0.1) is 5.92 Å². The van der Waals surface area contributed by atoms with E-state index in [2.05, 4.69) is 0 Å². The molecular weight excluding hydrogens is 158 g/mol. The number of halogens is 2. The number of hydrogen-bond donors (Lipinski definition) is 0. The highest BCUT2D eigenvalue weighted by atomic mass is 32.2. The molecule has 1 aliphatic rings. The highest BCUT2D eigenvalue weighted by Crippen LogP contribution is 2.40. The highest BCUT2D eigenvalue weighted by molar-refractivity contribution is 8.15. The zero-order chi connectivity index (χ0) is 7.78. The average molecular weight is 166 g/mol. The fourth-order valence-corrected chi connectivity index (χ4v) is 1.66. The summed E-state index contributed by atoms with van der Waals surface area (Å²) >= 11 is 0.992. The minimum absolute atomic E-state index is 0.232. The van der Waals surface area contributed by atoms with E-state index < -0.39 is 11.8 Å². The minimum atomic E-state index is -2.76. The molecule has 1 heterocycles. The molecule has 0 radical (unpaired) electrons. The van der Waals surface area contributed by atoms with Crippen molar-refractivity contribution in [1.29, 1.82) is 0 Å². The summed E-state index contributed by atoms with van der Waals surface area (Å²) in [6, 6.07) is 0. The van der Waals surface area contributed by atoms with Crippen LogP contribution in [0.5, 0.6) is 0 Å². The molecule has 1 atom stereocenters. The predicted molar refractivity (Wildman–Crippen MR) is 36.2 cm³/mol. The van der Waals surface area contributed by atoms with Gasteiger partial charge in [-0.25, -0.2) is 8.78 Å². The van der Waals surface area contributed by atoms with E-state index in [0.29, 0.717) is 5.75 Å². The van der Waals surface area contributed by atoms with E-state index in [1.54, 1.807) is 0 Å². The first-order valence-electron chi connectivity index (χ1n) is 3.12. The van der Waals surface area contributed by atoms with Crippen molar-refractivity contribution in [2.24, 2.45) is 5.92 Å². The molecule has 0 amide bonds. The Morgan fingerprint density at radius 2 is 2.40 bits per heavy atom. The van der Waals surface area contributed by atoms with Crippen LogP contribution in [0.1, 0.15) is 13.3 Å². The maximum Gasteiger partial charge on any atom is 0.259 e. The molecule has 0 N–H and O–H groups in total. The SMILES string of the molecule is CCC(F)(F)C1CSC1=O. The molecular formula is C6H8F2OS. The van der Waals surface area contributed by atoms with Gasteiger partial charge in [0.1, 0.15) is 5.92 Å². The lowest BCUT2D eigenvalue weighted by Crippen LogP contribution is -2.41. The van der Waals surface area contributed by atoms with E-state index in [4.69, 9.17) is 0 Å². The maximum absolute atomic E-state index is 12.6. The van der Waals surface area contributed by atoms with E-state index in [0.717, 1.165) is 11.8 Å². The van der Waals surface area contributed by atoms with Gasteiger partial charge in [0, 0.05) is 12.2 Å². The van der Waals surface area contributed by atoms with Gasteiger partial charge >= 0.3 is 0 Å². The fourth-order valence-electron chi connectivity index (χ4n) is 0.775. The molecule has 58 valence electrons. The van der Waals surface area contributed by atoms with Crippen LogP contribution in [0.4, 0.5) is 8.78 Å². The predicted octanol–water partition coefficient (Wildman–Crippen LogP) is 1.92. The Morgan fingerprint density at radius 3 is 2.50 bits per heavy atom. The lowest BCUT2D eigenvalue weighted by molar-refractivity contribution is -0.129. The first-order valence-corrected chi connectivity index (χ1v) is 4.11. The van der Waals surface area contributed by atoms with Gasteiger partial charge in [-0.1, -0.05) is 18.7 Å². The van der Waals surface area contributed by atoms with Crippen molar-refractivity contribution in [3.63, 3.8) is 0 Å². The Labute approximate surface area is 62.2 Å². The summed E-state index contributed by atoms with van der Waals surface area (Å²) in [5, 5.41) is -0.355. The van der Waals surface area contributed by atoms with Gasteiger partial charge in [-0.15, -0.1) is 0 Å². The molecule has 4 heteroatoms. The lowest BCUT2D eigenvalue weighted by atomic mass is 10.0. The van der Waals surface area contributed by atoms with Crippen LogP contribution < -0.4 is 0 Å². The van der Waals surface area contributed by atoms with E-state index in [-0.39, 0.29) is 11.5 Å². The number of hydrogen-bond acceptors (Lipinski definition) is 2. The zero-order valence-electron chi connectivity index (χ0n) is 5.56. The van der Waals surface area contributed by atoms with Crippen LogP contribution in [0.2, 0.25) is 0 Å². The zero-order valence-corrected chi connectivity index (χ0v) is 6.38. The van der Waals surface area contributed by atoms with Gasteiger partial charge in [-0.2, -0.15) is 0 Å². The number of alkyl halides is 2. The number of carbonyl (C=O) groups is 1. The number of rotatable bonds is 2. The van der Waals surface area contributed by atoms with Crippen molar-refractivity contribution in [2.45, 2.75) is 19.3 Å². The Morgan fingerprint density at radius 1 is 1.80 bits per heavy atom. The molecule has 0 aromatic rings. The molecule has 0 aromatic heterocycles. The van der Waals surface area contributed by atoms with Gasteiger partial charge in [0.15, 0.2) is 5.12 Å². The standard InChI is InChI=1S/C6H8F2OS/c1-2-6(7,8)4-3-10-5(4)9/h4H,2-3H2,1H3. The van der Waals surface area contributed by atoms with Gasteiger partial charge in [-0.05, 0) is 0 Å². The average Bonchev–Trinajstić information content (AvgIpc) is 1.84. The molecule has 1 saturated heterocycles. The topological polar surface area (TPSA) is 17.1 Å². The molecule has 0 bridgehead atoms. The van der Waals surface area contributed by atoms with E-state index in [1.807, 2.05) is 0 Å². The summed E-state index contributed by atoms with van der Waals surface area (Å²) in [4.78, 5) is 10.5. The Bertz CT molecular complexity index is 158. The normalized spacial score (nSPS) is 26.3. The smallest absolute Gasteiger partial charge is 0.259 e. The summed E-state index contributed by atoms with van der Waals surface area (Å²) < 4.78 is 25.2. The first-order chi connectivity index (χ1) is 4.58. The summed E-state index contributed by atoms with van der Waals surface area (Å²) in [6.45, 7) is 1.40. The quantitative estimate of drug-likeness (QED) is 0.623. The van der Waals surface area contributed by atoms with Crippen molar-refractivity contribution >= 4 is 16.9 Å². The van der Waals surface area contributed by atoms with Gasteiger partial charge in [0.05, 0.1) is 0 Å². The molecule has 0 saturated carbocycles. The Hall–Kier alpha value is -0.120. The van der Waals surface area contributed by atoms with Crippen molar-refractivity contribution < 1.29 is 13.6 Å². The third-order valence-electron chi connectivity index (χ3n) is 1.66. The van der Waals surface area contributed by atoms with Crippen LogP contribution in [0.25, 0.3) is 0 Å². The Kier molecular flexibility index (Phi) is 1.99. The monoisotopic (exact) mass is 166 g/mol. The van der Waals surface area contributed by atoms with Crippen molar-refractivity contribution in [3.05, 3.63) is 0 Å². The Balaban J connectivity index is 2.55. The number of thioether (sulfide) groups is 1. The van der Waals surface area contributed by atoms with Gasteiger partial charge < -0.3 is 0 Å². The molecule has 1 aliphatic heterocycles. The molecule has 1 nitrogen and oxygen atoms in total. The minimum Gasteiger partial charge on any atom is -0.287 e. The molecule has 0 aliphatic carbocycles. The van der Waals surface area contributed by atoms with Crippen LogP contribution in [0.15, 0.2) is 0 Å². The van der Waals surface area contributed by atoms with Crippen molar-refractivity contribution in [1.82, 2.24) is 0 Å². The van der Waals surface area contributed by atoms with E-state index in [9.17, 15) is 13.6 Å². The largest absolute Gasteiger partial charge is 0.287 e. The third kappa shape index (κ3) is 1.17. The van der Waals surface area contributed by atoms with E-state index in [1.165, 1.54) is 6.92 Å². The fraction of sp³-hybridized carbons (Fsp3) is 0.833. The lowest BCUT2D eigenvalue weighted by Gasteiger charge is -2.30. The summed E-state index contributed by atoms with van der Waals surface area (Å²) in [5.74, 6) is -3.47. The van der Waals surface area contributed by atoms with Crippen molar-refractivity contribution in [2.75, 3.05) is 5.75 Å². The molecule has 1 fully saturated rings. The molecule has 0 aromatic carbocycles. The third-order valence-corrected chi connectivity index (χ3v) is 2.73. The second kappa shape index (κ2) is 2.49. The van der Waals surface area contributed by atoms with Gasteiger partial charge in [-0.3, -0.25) is 4.79 Å². The highest BCUT2D eigenvalue weighted by Gasteiger charge is 2.48. The summed E-state index contributed by atoms with van der Waals surface area (Å²) in [5.41, 5.74) is 0. The molecule has 10 heavy (non-hydrogen) atoms. The van der Waals surface area contributed by atoms with E-state index >= 15 is 0 Å². The van der Waals surface area contributed by atoms with Crippen molar-refractivity contribution in [3.8, 4) is 0 Å². The first kappa shape index (κ1) is 7.98. The maximum atomic E-state index is 12.6. The summed E-state index contributed by atoms with van der Waals surface area (Å²) in [6.07, 6.45) is -0.232.